The lowest BCUT2D eigenvalue weighted by molar-refractivity contribution is -0.110. The van der Waals surface area contributed by atoms with E-state index in [0.717, 1.165) is 0 Å². The van der Waals surface area contributed by atoms with Gasteiger partial charge in [-0.15, -0.1) is 5.53 Å². The van der Waals surface area contributed by atoms with E-state index in [-0.39, 0.29) is 5.11 Å². The van der Waals surface area contributed by atoms with Crippen LogP contribution >= 0.6 is 12.2 Å². The molecule has 0 aromatic rings. The van der Waals surface area contributed by atoms with Gasteiger partial charge < -0.3 is 5.73 Å². The summed E-state index contributed by atoms with van der Waals surface area (Å²) in [6.07, 6.45) is 0.450. The van der Waals surface area contributed by atoms with Crippen molar-refractivity contribution < 1.29 is 4.79 Å². The van der Waals surface area contributed by atoms with E-state index in [4.69, 9.17) is 5.73 Å². The highest BCUT2D eigenvalue weighted by Crippen LogP contribution is 1.44. The number of nitrogens with one attached hydrogen (secondary N) is 3. The molecule has 46 valence electrons. The molecule has 0 saturated heterocycles. The van der Waals surface area contributed by atoms with E-state index in [1.807, 2.05) is 0 Å². The van der Waals surface area contributed by atoms with Crippen molar-refractivity contribution in [2.24, 2.45) is 5.73 Å². The van der Waals surface area contributed by atoms with Crippen LogP contribution in [0.1, 0.15) is 0 Å². The van der Waals surface area contributed by atoms with E-state index in [1.54, 1.807) is 0 Å². The van der Waals surface area contributed by atoms with Crippen LogP contribution in [-0.4, -0.2) is 11.5 Å². The van der Waals surface area contributed by atoms with Crippen molar-refractivity contribution in [3.05, 3.63) is 0 Å². The number of carbonyl (C=O) groups is 1. The van der Waals surface area contributed by atoms with E-state index < -0.39 is 0 Å². The standard InChI is InChI=1S/C2H6N4OS/c3-2(8)5-6-4-1-7/h1,6H,(H,4,7)(H3,3,5,8). The summed E-state index contributed by atoms with van der Waals surface area (Å²) in [4.78, 5) is 9.49. The van der Waals surface area contributed by atoms with Crippen LogP contribution in [0.15, 0.2) is 0 Å². The number of thiocarbonyl (C=S) groups is 1. The summed E-state index contributed by atoms with van der Waals surface area (Å²) in [6, 6.07) is 0. The van der Waals surface area contributed by atoms with Gasteiger partial charge in [0.1, 0.15) is 0 Å². The maximum absolute atomic E-state index is 9.49. The highest BCUT2D eigenvalue weighted by Gasteiger charge is 1.78. The normalized spacial score (nSPS) is 7.50. The Hall–Kier alpha value is -0.880. The molecule has 0 unspecified atom stereocenters. The van der Waals surface area contributed by atoms with Crippen LogP contribution in [-0.2, 0) is 4.79 Å². The Morgan fingerprint density at radius 1 is 1.75 bits per heavy atom. The van der Waals surface area contributed by atoms with Gasteiger partial charge in [-0.25, -0.2) is 0 Å². The van der Waals surface area contributed by atoms with Crippen molar-refractivity contribution in [2.75, 3.05) is 0 Å². The van der Waals surface area contributed by atoms with Gasteiger partial charge in [0.2, 0.25) is 6.41 Å². The van der Waals surface area contributed by atoms with Crippen molar-refractivity contribution in [1.29, 1.82) is 0 Å². The molecule has 0 spiro atoms. The molecule has 0 rings (SSSR count). The minimum Gasteiger partial charge on any atom is -0.375 e. The van der Waals surface area contributed by atoms with Gasteiger partial charge in [0.05, 0.1) is 0 Å². The summed E-state index contributed by atoms with van der Waals surface area (Å²) in [5.74, 6) is 0. The highest BCUT2D eigenvalue weighted by molar-refractivity contribution is 7.80. The highest BCUT2D eigenvalue weighted by atomic mass is 32.1. The van der Waals surface area contributed by atoms with Crippen molar-refractivity contribution >= 4 is 23.7 Å². The fraction of sp³-hybridized carbons (Fsp3) is 0. The van der Waals surface area contributed by atoms with E-state index in [1.165, 1.54) is 0 Å². The fourth-order valence-electron chi connectivity index (χ4n) is 0.127. The third-order valence-electron chi connectivity index (χ3n) is 0.317. The quantitative estimate of drug-likeness (QED) is 0.155. The zero-order chi connectivity index (χ0) is 6.41. The van der Waals surface area contributed by atoms with Crippen molar-refractivity contribution in [2.45, 2.75) is 0 Å². The average molecular weight is 134 g/mol. The van der Waals surface area contributed by atoms with E-state index >= 15 is 0 Å². The fourth-order valence-corrected chi connectivity index (χ4v) is 0.178. The summed E-state index contributed by atoms with van der Waals surface area (Å²) in [7, 11) is 0. The zero-order valence-corrected chi connectivity index (χ0v) is 4.79. The maximum Gasteiger partial charge on any atom is 0.222 e. The Balaban J connectivity index is 2.93. The summed E-state index contributed by atoms with van der Waals surface area (Å²) < 4.78 is 0. The van der Waals surface area contributed by atoms with Crippen molar-refractivity contribution in [3.8, 4) is 0 Å². The molecule has 0 aliphatic heterocycles. The first-order valence-electron chi connectivity index (χ1n) is 1.77. The van der Waals surface area contributed by atoms with Gasteiger partial charge in [0, 0.05) is 0 Å². The number of amides is 1. The van der Waals surface area contributed by atoms with Crippen LogP contribution in [0.25, 0.3) is 0 Å². The maximum atomic E-state index is 9.49. The van der Waals surface area contributed by atoms with Crippen molar-refractivity contribution in [1.82, 2.24) is 16.4 Å². The van der Waals surface area contributed by atoms with Gasteiger partial charge in [0.15, 0.2) is 5.11 Å². The number of hydrogen-bond donors (Lipinski definition) is 4. The molecule has 0 aromatic carbocycles. The second-order valence-corrected chi connectivity index (χ2v) is 1.32. The van der Waals surface area contributed by atoms with Gasteiger partial charge in [-0.05, 0) is 12.2 Å². The Bertz CT molecular complexity index is 94.0. The van der Waals surface area contributed by atoms with Gasteiger partial charge >= 0.3 is 0 Å². The Morgan fingerprint density at radius 2 is 2.38 bits per heavy atom. The predicted molar refractivity (Wildman–Crippen MR) is 32.3 cm³/mol. The first-order valence-corrected chi connectivity index (χ1v) is 2.18. The molecule has 0 aromatic heterocycles. The SMILES string of the molecule is NC(=S)NNNC=O. The Kier molecular flexibility index (Phi) is 3.81. The summed E-state index contributed by atoms with van der Waals surface area (Å²) in [6.45, 7) is 0. The average Bonchev–Trinajstić information content (AvgIpc) is 1.66. The van der Waals surface area contributed by atoms with E-state index in [0.29, 0.717) is 6.41 Å². The van der Waals surface area contributed by atoms with Crippen molar-refractivity contribution in [3.63, 3.8) is 0 Å². The molecule has 6 heteroatoms. The van der Waals surface area contributed by atoms with Crippen LogP contribution in [0.3, 0.4) is 0 Å². The van der Waals surface area contributed by atoms with Gasteiger partial charge in [0.25, 0.3) is 0 Å². The third-order valence-corrected chi connectivity index (χ3v) is 0.419. The zero-order valence-electron chi connectivity index (χ0n) is 3.97. The molecule has 0 saturated carbocycles. The van der Waals surface area contributed by atoms with Crippen LogP contribution in [0.5, 0.6) is 0 Å². The molecule has 0 bridgehead atoms. The second-order valence-electron chi connectivity index (χ2n) is 0.876. The predicted octanol–water partition coefficient (Wildman–Crippen LogP) is -2.01. The first kappa shape index (κ1) is 7.12. The number of hydrogen-bond acceptors (Lipinski definition) is 3. The lowest BCUT2D eigenvalue weighted by Crippen LogP contribution is -2.48. The molecular weight excluding hydrogens is 128 g/mol. The molecular formula is C2H6N4OS. The summed E-state index contributed by atoms with van der Waals surface area (Å²) >= 11 is 4.36. The first-order chi connectivity index (χ1) is 3.77. The lowest BCUT2D eigenvalue weighted by atomic mass is 11.2. The van der Waals surface area contributed by atoms with Gasteiger partial charge in [-0.1, -0.05) is 0 Å². The number of hydrazine groups is 2. The molecule has 1 amide bonds. The van der Waals surface area contributed by atoms with Crippen LogP contribution < -0.4 is 22.1 Å². The Morgan fingerprint density at radius 3 is 2.75 bits per heavy atom. The third kappa shape index (κ3) is 5.12. The van der Waals surface area contributed by atoms with E-state index in [9.17, 15) is 4.79 Å². The number of rotatable bonds is 3. The molecule has 5 N–H and O–H groups in total. The van der Waals surface area contributed by atoms with Crippen LogP contribution in [0, 0.1) is 0 Å². The summed E-state index contributed by atoms with van der Waals surface area (Å²) in [5.41, 5.74) is 11.5. The van der Waals surface area contributed by atoms with Crippen LogP contribution in [0.4, 0.5) is 0 Å². The molecule has 5 nitrogen and oxygen atoms in total. The lowest BCUT2D eigenvalue weighted by Gasteiger charge is -2.00. The molecule has 0 aliphatic rings. The van der Waals surface area contributed by atoms with Crippen LogP contribution in [0.2, 0.25) is 0 Å². The Labute approximate surface area is 51.6 Å². The molecule has 8 heavy (non-hydrogen) atoms. The number of nitrogens with two attached hydrogens (primary N) is 1. The van der Waals surface area contributed by atoms with Gasteiger partial charge in [-0.3, -0.25) is 15.6 Å². The molecule has 0 heterocycles. The second kappa shape index (κ2) is 4.28. The molecule has 0 fully saturated rings. The minimum absolute atomic E-state index is 0.0688. The molecule has 0 aliphatic carbocycles. The minimum atomic E-state index is 0.0688. The van der Waals surface area contributed by atoms with Gasteiger partial charge in [-0.2, -0.15) is 0 Å². The summed E-state index contributed by atoms with van der Waals surface area (Å²) in [5, 5.41) is 0.0688. The van der Waals surface area contributed by atoms with E-state index in [2.05, 4.69) is 28.6 Å². The topological polar surface area (TPSA) is 79.2 Å². The largest absolute Gasteiger partial charge is 0.375 e. The molecule has 0 radical (unpaired) electrons. The molecule has 0 atom stereocenters. The number of carbonyl (C=O) groups excluding carboxylic acids is 1. The monoisotopic (exact) mass is 134 g/mol. The smallest absolute Gasteiger partial charge is 0.222 e.